The third kappa shape index (κ3) is 4.55. The molecule has 0 aliphatic carbocycles. The summed E-state index contributed by atoms with van der Waals surface area (Å²) < 4.78 is 26.8. The summed E-state index contributed by atoms with van der Waals surface area (Å²) in [5, 5.41) is 2.68. The number of hydrogen-bond acceptors (Lipinski definition) is 5. The van der Waals surface area contributed by atoms with Crippen LogP contribution in [0.3, 0.4) is 0 Å². The van der Waals surface area contributed by atoms with Crippen molar-refractivity contribution in [3.8, 4) is 0 Å². The molecule has 0 aromatic rings. The molecule has 0 unspecified atom stereocenters. The Labute approximate surface area is 130 Å². The molecule has 21 heavy (non-hydrogen) atoms. The zero-order valence-electron chi connectivity index (χ0n) is 11.9. The summed E-state index contributed by atoms with van der Waals surface area (Å²) in [5.41, 5.74) is 5.50. The number of sulfonamides is 1. The fourth-order valence-electron chi connectivity index (χ4n) is 1.80. The first-order valence-corrected chi connectivity index (χ1v) is 7.84. The second-order valence-electron chi connectivity index (χ2n) is 5.49. The van der Waals surface area contributed by atoms with Gasteiger partial charge in [-0.15, -0.1) is 16.8 Å². The summed E-state index contributed by atoms with van der Waals surface area (Å²) in [6, 6.07) is 0. The zero-order valence-corrected chi connectivity index (χ0v) is 13.5. The number of nitrogens with two attached hydrogens (primary N) is 1. The molecule has 0 spiro atoms. The highest BCUT2D eigenvalue weighted by Crippen LogP contribution is 2.17. The molecule has 2 aliphatic rings. The van der Waals surface area contributed by atoms with E-state index in [1.807, 2.05) is 0 Å². The minimum atomic E-state index is -3.50. The SMILES string of the molecule is CC(C)(N)CNC(=O)C1=CC=CN2CCS(=O)(=O)N=C12.Cl. The average Bonchev–Trinajstić information content (AvgIpc) is 2.33. The van der Waals surface area contributed by atoms with E-state index < -0.39 is 15.6 Å². The maximum Gasteiger partial charge on any atom is 0.256 e. The Bertz CT molecular complexity index is 617. The maximum absolute atomic E-state index is 12.1. The largest absolute Gasteiger partial charge is 0.350 e. The number of halogens is 1. The molecular weight excluding hydrogens is 316 g/mol. The summed E-state index contributed by atoms with van der Waals surface area (Å²) in [7, 11) is -3.50. The van der Waals surface area contributed by atoms with Crippen LogP contribution < -0.4 is 11.1 Å². The van der Waals surface area contributed by atoms with E-state index in [9.17, 15) is 13.2 Å². The predicted octanol–water partition coefficient (Wildman–Crippen LogP) is -0.241. The van der Waals surface area contributed by atoms with Crippen molar-refractivity contribution in [2.45, 2.75) is 19.4 Å². The number of nitrogens with one attached hydrogen (secondary N) is 1. The van der Waals surface area contributed by atoms with Gasteiger partial charge in [-0.1, -0.05) is 0 Å². The lowest BCUT2D eigenvalue weighted by atomic mass is 10.1. The van der Waals surface area contributed by atoms with Gasteiger partial charge in [-0.2, -0.15) is 0 Å². The number of fused-ring (bicyclic) bond motifs is 1. The highest BCUT2D eigenvalue weighted by molar-refractivity contribution is 7.90. The Morgan fingerprint density at radius 1 is 1.52 bits per heavy atom. The molecule has 7 nitrogen and oxygen atoms in total. The van der Waals surface area contributed by atoms with Crippen molar-refractivity contribution in [2.75, 3.05) is 18.8 Å². The quantitative estimate of drug-likeness (QED) is 0.741. The van der Waals surface area contributed by atoms with Crippen molar-refractivity contribution in [1.82, 2.24) is 10.2 Å². The maximum atomic E-state index is 12.1. The molecule has 0 aromatic heterocycles. The Kier molecular flexibility index (Phi) is 5.19. The van der Waals surface area contributed by atoms with Crippen molar-refractivity contribution >= 4 is 34.2 Å². The highest BCUT2D eigenvalue weighted by Gasteiger charge is 2.30. The van der Waals surface area contributed by atoms with E-state index in [0.29, 0.717) is 6.54 Å². The van der Waals surface area contributed by atoms with Crippen LogP contribution in [0.4, 0.5) is 0 Å². The standard InChI is InChI=1S/C12H18N4O3S.ClH/c1-12(2,13)8-14-11(17)9-4-3-5-16-6-7-20(18,19)15-10(9)16;/h3-5H,6-8,13H2,1-2H3,(H,14,17);1H. The fourth-order valence-corrected chi connectivity index (χ4v) is 2.78. The van der Waals surface area contributed by atoms with Gasteiger partial charge in [0.1, 0.15) is 0 Å². The van der Waals surface area contributed by atoms with Crippen LogP contribution in [-0.4, -0.2) is 49.4 Å². The Morgan fingerprint density at radius 3 is 2.81 bits per heavy atom. The first-order chi connectivity index (χ1) is 9.18. The van der Waals surface area contributed by atoms with Gasteiger partial charge < -0.3 is 16.0 Å². The fraction of sp³-hybridized carbons (Fsp3) is 0.500. The Balaban J connectivity index is 0.00000220. The molecule has 0 saturated heterocycles. The van der Waals surface area contributed by atoms with Crippen molar-refractivity contribution in [1.29, 1.82) is 0 Å². The Hall–Kier alpha value is -1.38. The van der Waals surface area contributed by atoms with Gasteiger partial charge in [0, 0.05) is 24.8 Å². The van der Waals surface area contributed by atoms with Crippen LogP contribution >= 0.6 is 12.4 Å². The highest BCUT2D eigenvalue weighted by atomic mass is 35.5. The third-order valence-electron chi connectivity index (χ3n) is 2.81. The lowest BCUT2D eigenvalue weighted by Gasteiger charge is -2.29. The van der Waals surface area contributed by atoms with Crippen LogP contribution in [0, 0.1) is 0 Å². The molecule has 0 radical (unpaired) electrons. The van der Waals surface area contributed by atoms with Crippen LogP contribution in [-0.2, 0) is 14.8 Å². The van der Waals surface area contributed by atoms with Crippen LogP contribution in [0.5, 0.6) is 0 Å². The van der Waals surface area contributed by atoms with Gasteiger partial charge in [0.15, 0.2) is 5.84 Å². The second-order valence-corrected chi connectivity index (χ2v) is 7.24. The lowest BCUT2D eigenvalue weighted by molar-refractivity contribution is -0.117. The van der Waals surface area contributed by atoms with Crippen molar-refractivity contribution < 1.29 is 13.2 Å². The van der Waals surface area contributed by atoms with Crippen LogP contribution in [0.1, 0.15) is 13.8 Å². The number of carbonyl (C=O) groups excluding carboxylic acids is 1. The smallest absolute Gasteiger partial charge is 0.256 e. The second kappa shape index (κ2) is 6.17. The number of rotatable bonds is 3. The first-order valence-electron chi connectivity index (χ1n) is 6.23. The van der Waals surface area contributed by atoms with Gasteiger partial charge >= 0.3 is 0 Å². The minimum absolute atomic E-state index is 0. The van der Waals surface area contributed by atoms with E-state index >= 15 is 0 Å². The normalized spacial score (nSPS) is 19.9. The van der Waals surface area contributed by atoms with Crippen LogP contribution in [0.15, 0.2) is 28.3 Å². The molecule has 0 bridgehead atoms. The van der Waals surface area contributed by atoms with E-state index in [2.05, 4.69) is 9.71 Å². The molecule has 2 heterocycles. The molecule has 0 aromatic carbocycles. The van der Waals surface area contributed by atoms with Gasteiger partial charge in [0.2, 0.25) is 0 Å². The number of nitrogens with zero attached hydrogens (tertiary/aromatic N) is 2. The van der Waals surface area contributed by atoms with E-state index in [-0.39, 0.29) is 42.0 Å². The number of amidine groups is 1. The van der Waals surface area contributed by atoms with Gasteiger partial charge in [-0.3, -0.25) is 4.79 Å². The van der Waals surface area contributed by atoms with E-state index in [1.54, 1.807) is 37.1 Å². The van der Waals surface area contributed by atoms with Gasteiger partial charge in [-0.05, 0) is 26.0 Å². The summed E-state index contributed by atoms with van der Waals surface area (Å²) >= 11 is 0. The number of allylic oxidation sites excluding steroid dienone is 2. The predicted molar refractivity (Wildman–Crippen MR) is 83.7 cm³/mol. The molecule has 2 aliphatic heterocycles. The summed E-state index contributed by atoms with van der Waals surface area (Å²) in [6.07, 6.45) is 4.95. The van der Waals surface area contributed by atoms with Crippen molar-refractivity contribution in [2.24, 2.45) is 10.1 Å². The van der Waals surface area contributed by atoms with E-state index in [1.165, 1.54) is 0 Å². The zero-order chi connectivity index (χ0) is 15.0. The molecule has 0 fully saturated rings. The molecule has 2 rings (SSSR count). The lowest BCUT2D eigenvalue weighted by Crippen LogP contribution is -2.48. The molecule has 0 saturated carbocycles. The van der Waals surface area contributed by atoms with Crippen LogP contribution in [0.2, 0.25) is 0 Å². The molecular formula is C12H19ClN4O3S. The molecule has 118 valence electrons. The van der Waals surface area contributed by atoms with Gasteiger partial charge in [0.25, 0.3) is 15.9 Å². The van der Waals surface area contributed by atoms with Crippen LogP contribution in [0.25, 0.3) is 0 Å². The van der Waals surface area contributed by atoms with E-state index in [0.717, 1.165) is 0 Å². The third-order valence-corrected chi connectivity index (χ3v) is 3.96. The summed E-state index contributed by atoms with van der Waals surface area (Å²) in [5.74, 6) is -0.259. The number of carbonyl (C=O) groups is 1. The summed E-state index contributed by atoms with van der Waals surface area (Å²) in [6.45, 7) is 4.16. The summed E-state index contributed by atoms with van der Waals surface area (Å²) in [4.78, 5) is 13.8. The number of amides is 1. The van der Waals surface area contributed by atoms with Crippen molar-refractivity contribution in [3.63, 3.8) is 0 Å². The number of hydrogen-bond donors (Lipinski definition) is 2. The molecule has 3 N–H and O–H groups in total. The van der Waals surface area contributed by atoms with E-state index in [4.69, 9.17) is 5.73 Å². The molecule has 0 atom stereocenters. The van der Waals surface area contributed by atoms with Gasteiger partial charge in [-0.25, -0.2) is 8.42 Å². The van der Waals surface area contributed by atoms with Crippen molar-refractivity contribution in [3.05, 3.63) is 23.9 Å². The Morgan fingerprint density at radius 2 is 2.19 bits per heavy atom. The molecule has 9 heteroatoms. The topological polar surface area (TPSA) is 105 Å². The molecule has 1 amide bonds. The minimum Gasteiger partial charge on any atom is -0.350 e. The monoisotopic (exact) mass is 334 g/mol. The first kappa shape index (κ1) is 17.7. The average molecular weight is 335 g/mol. The van der Waals surface area contributed by atoms with Gasteiger partial charge in [0.05, 0.1) is 11.3 Å².